The number of pyridine rings is 1. The van der Waals surface area contributed by atoms with Crippen LogP contribution in [0, 0.1) is 12.8 Å². The summed E-state index contributed by atoms with van der Waals surface area (Å²) in [5.74, 6) is 2.52. The molecule has 2 unspecified atom stereocenters. The highest BCUT2D eigenvalue weighted by Gasteiger charge is 2.28. The molecule has 0 aromatic carbocycles. The summed E-state index contributed by atoms with van der Waals surface area (Å²) in [7, 11) is 1.75. The molecular formula is C19H26N4O. The standard InChI is InChI=1S/C19H26N4O/c1-14-6-7-17(11-14)23(9-10-24-3)18-12-15(2)21-19(22-18)16-5-4-8-20-13-16/h4-5,8,12-14,17H,6-7,9-11H2,1-3H3. The van der Waals surface area contributed by atoms with Crippen molar-refractivity contribution in [1.29, 1.82) is 0 Å². The van der Waals surface area contributed by atoms with Gasteiger partial charge < -0.3 is 9.64 Å². The van der Waals surface area contributed by atoms with Gasteiger partial charge in [-0.3, -0.25) is 4.98 Å². The van der Waals surface area contributed by atoms with Crippen molar-refractivity contribution < 1.29 is 4.74 Å². The van der Waals surface area contributed by atoms with E-state index in [1.54, 1.807) is 13.3 Å². The van der Waals surface area contributed by atoms with Crippen LogP contribution in [0.15, 0.2) is 30.6 Å². The predicted molar refractivity (Wildman–Crippen MR) is 96.0 cm³/mol. The molecule has 0 amide bonds. The number of methoxy groups -OCH3 is 1. The second kappa shape index (κ2) is 7.71. The minimum Gasteiger partial charge on any atom is -0.383 e. The minimum atomic E-state index is 0.534. The van der Waals surface area contributed by atoms with Crippen LogP contribution in [0.4, 0.5) is 5.82 Å². The third-order valence-corrected chi connectivity index (χ3v) is 4.70. The number of ether oxygens (including phenoxy) is 1. The van der Waals surface area contributed by atoms with Gasteiger partial charge in [-0.1, -0.05) is 6.92 Å². The zero-order valence-corrected chi connectivity index (χ0v) is 14.8. The Labute approximate surface area is 144 Å². The summed E-state index contributed by atoms with van der Waals surface area (Å²) < 4.78 is 5.33. The average molecular weight is 326 g/mol. The van der Waals surface area contributed by atoms with Gasteiger partial charge >= 0.3 is 0 Å². The Balaban J connectivity index is 1.93. The van der Waals surface area contributed by atoms with Gasteiger partial charge in [-0.25, -0.2) is 9.97 Å². The van der Waals surface area contributed by atoms with Crippen LogP contribution in [0.5, 0.6) is 0 Å². The minimum absolute atomic E-state index is 0.534. The second-order valence-corrected chi connectivity index (χ2v) is 6.69. The molecule has 128 valence electrons. The molecule has 5 heteroatoms. The molecule has 1 saturated carbocycles. The fraction of sp³-hybridized carbons (Fsp3) is 0.526. The molecular weight excluding hydrogens is 300 g/mol. The Hall–Kier alpha value is -2.01. The number of aromatic nitrogens is 3. The highest BCUT2D eigenvalue weighted by molar-refractivity contribution is 5.57. The van der Waals surface area contributed by atoms with Gasteiger partial charge in [0.1, 0.15) is 5.82 Å². The molecule has 0 N–H and O–H groups in total. The van der Waals surface area contributed by atoms with Gasteiger partial charge in [0, 0.05) is 49.4 Å². The zero-order chi connectivity index (χ0) is 16.9. The first-order valence-electron chi connectivity index (χ1n) is 8.69. The number of rotatable bonds is 6. The van der Waals surface area contributed by atoms with E-state index < -0.39 is 0 Å². The molecule has 5 nitrogen and oxygen atoms in total. The molecule has 2 heterocycles. The van der Waals surface area contributed by atoms with Gasteiger partial charge in [0.25, 0.3) is 0 Å². The summed E-state index contributed by atoms with van der Waals surface area (Å²) >= 11 is 0. The summed E-state index contributed by atoms with van der Waals surface area (Å²) in [6.45, 7) is 5.92. The predicted octanol–water partition coefficient (Wildman–Crippen LogP) is 3.49. The van der Waals surface area contributed by atoms with E-state index in [1.807, 2.05) is 25.3 Å². The first-order chi connectivity index (χ1) is 11.7. The molecule has 1 fully saturated rings. The molecule has 3 rings (SSSR count). The highest BCUT2D eigenvalue weighted by atomic mass is 16.5. The second-order valence-electron chi connectivity index (χ2n) is 6.69. The lowest BCUT2D eigenvalue weighted by Gasteiger charge is -2.30. The summed E-state index contributed by atoms with van der Waals surface area (Å²) in [5.41, 5.74) is 1.93. The lowest BCUT2D eigenvalue weighted by Crippen LogP contribution is -2.37. The van der Waals surface area contributed by atoms with Gasteiger partial charge in [-0.05, 0) is 44.2 Å². The molecule has 0 saturated heterocycles. The van der Waals surface area contributed by atoms with Crippen molar-refractivity contribution in [2.24, 2.45) is 5.92 Å². The fourth-order valence-electron chi connectivity index (χ4n) is 3.46. The number of nitrogens with zero attached hydrogens (tertiary/aromatic N) is 4. The third-order valence-electron chi connectivity index (χ3n) is 4.70. The van der Waals surface area contributed by atoms with Crippen molar-refractivity contribution in [3.8, 4) is 11.4 Å². The molecule has 1 aliphatic carbocycles. The molecule has 0 bridgehead atoms. The van der Waals surface area contributed by atoms with Crippen LogP contribution in [-0.2, 0) is 4.74 Å². The smallest absolute Gasteiger partial charge is 0.163 e. The average Bonchev–Trinajstić information content (AvgIpc) is 3.02. The fourth-order valence-corrected chi connectivity index (χ4v) is 3.46. The van der Waals surface area contributed by atoms with E-state index >= 15 is 0 Å². The molecule has 0 aliphatic heterocycles. The zero-order valence-electron chi connectivity index (χ0n) is 14.8. The van der Waals surface area contributed by atoms with E-state index in [9.17, 15) is 0 Å². The largest absolute Gasteiger partial charge is 0.383 e. The van der Waals surface area contributed by atoms with Gasteiger partial charge in [-0.15, -0.1) is 0 Å². The molecule has 24 heavy (non-hydrogen) atoms. The summed E-state index contributed by atoms with van der Waals surface area (Å²) in [4.78, 5) is 16.0. The normalized spacial score (nSPS) is 20.3. The first kappa shape index (κ1) is 16.8. The lowest BCUT2D eigenvalue weighted by atomic mass is 10.1. The molecule has 1 aliphatic rings. The Morgan fingerprint density at radius 1 is 1.29 bits per heavy atom. The van der Waals surface area contributed by atoms with Crippen molar-refractivity contribution >= 4 is 5.82 Å². The maximum absolute atomic E-state index is 5.33. The van der Waals surface area contributed by atoms with Gasteiger partial charge in [0.2, 0.25) is 0 Å². The van der Waals surface area contributed by atoms with Crippen LogP contribution in [0.2, 0.25) is 0 Å². The highest BCUT2D eigenvalue weighted by Crippen LogP contribution is 2.32. The molecule has 0 spiro atoms. The molecule has 2 aromatic heterocycles. The van der Waals surface area contributed by atoms with Gasteiger partial charge in [0.05, 0.1) is 6.61 Å². The third kappa shape index (κ3) is 3.90. The van der Waals surface area contributed by atoms with Crippen molar-refractivity contribution in [2.45, 2.75) is 39.2 Å². The van der Waals surface area contributed by atoms with Crippen LogP contribution < -0.4 is 4.90 Å². The van der Waals surface area contributed by atoms with Crippen LogP contribution in [0.3, 0.4) is 0 Å². The van der Waals surface area contributed by atoms with E-state index in [-0.39, 0.29) is 0 Å². The summed E-state index contributed by atoms with van der Waals surface area (Å²) in [6.07, 6.45) is 7.31. The van der Waals surface area contributed by atoms with Gasteiger partial charge in [-0.2, -0.15) is 0 Å². The Morgan fingerprint density at radius 2 is 2.17 bits per heavy atom. The summed E-state index contributed by atoms with van der Waals surface area (Å²) in [5, 5.41) is 0. The Bertz CT molecular complexity index is 662. The van der Waals surface area contributed by atoms with Gasteiger partial charge in [0.15, 0.2) is 5.82 Å². The molecule has 2 atom stereocenters. The topological polar surface area (TPSA) is 51.1 Å². The van der Waals surface area contributed by atoms with E-state index in [4.69, 9.17) is 9.72 Å². The molecule has 2 aromatic rings. The maximum atomic E-state index is 5.33. The van der Waals surface area contributed by atoms with E-state index in [2.05, 4.69) is 27.9 Å². The number of hydrogen-bond acceptors (Lipinski definition) is 5. The monoisotopic (exact) mass is 326 g/mol. The van der Waals surface area contributed by atoms with Crippen LogP contribution >= 0.6 is 0 Å². The van der Waals surface area contributed by atoms with Crippen molar-refractivity contribution in [1.82, 2.24) is 15.0 Å². The van der Waals surface area contributed by atoms with Crippen LogP contribution in [0.1, 0.15) is 31.9 Å². The number of hydrogen-bond donors (Lipinski definition) is 0. The SMILES string of the molecule is COCCN(c1cc(C)nc(-c2cccnc2)n1)C1CCC(C)C1. The van der Waals surface area contributed by atoms with Crippen molar-refractivity contribution in [3.63, 3.8) is 0 Å². The lowest BCUT2D eigenvalue weighted by molar-refractivity contribution is 0.202. The first-order valence-corrected chi connectivity index (χ1v) is 8.69. The number of aryl methyl sites for hydroxylation is 1. The summed E-state index contributed by atoms with van der Waals surface area (Å²) in [6, 6.07) is 6.54. The van der Waals surface area contributed by atoms with E-state index in [0.29, 0.717) is 12.6 Å². The van der Waals surface area contributed by atoms with E-state index in [1.165, 1.54) is 19.3 Å². The van der Waals surface area contributed by atoms with Crippen molar-refractivity contribution in [2.75, 3.05) is 25.2 Å². The Morgan fingerprint density at radius 3 is 2.83 bits per heavy atom. The van der Waals surface area contributed by atoms with Crippen molar-refractivity contribution in [3.05, 3.63) is 36.3 Å². The maximum Gasteiger partial charge on any atom is 0.163 e. The Kier molecular flexibility index (Phi) is 5.41. The molecule has 0 radical (unpaired) electrons. The van der Waals surface area contributed by atoms with Crippen LogP contribution in [-0.4, -0.2) is 41.3 Å². The van der Waals surface area contributed by atoms with Crippen LogP contribution in [0.25, 0.3) is 11.4 Å². The number of anilines is 1. The quantitative estimate of drug-likeness (QED) is 0.813. The van der Waals surface area contributed by atoms with E-state index in [0.717, 1.165) is 35.4 Å².